The summed E-state index contributed by atoms with van der Waals surface area (Å²) in [7, 11) is 0. The van der Waals surface area contributed by atoms with Crippen molar-refractivity contribution in [2.45, 2.75) is 57.1 Å². The Kier molecular flexibility index (Phi) is 3.56. The zero-order valence-corrected chi connectivity index (χ0v) is 10.5. The number of hydrogen-bond acceptors (Lipinski definition) is 3. The molecule has 0 unspecified atom stereocenters. The molecule has 1 aliphatic carbocycles. The summed E-state index contributed by atoms with van der Waals surface area (Å²) < 4.78 is 30.7. The molecule has 0 aromatic heterocycles. The number of halogens is 2. The molecule has 0 aliphatic heterocycles. The van der Waals surface area contributed by atoms with E-state index in [4.69, 9.17) is 9.84 Å². The van der Waals surface area contributed by atoms with Crippen LogP contribution in [0.15, 0.2) is 0 Å². The van der Waals surface area contributed by atoms with E-state index in [1.165, 1.54) is 0 Å². The second-order valence-corrected chi connectivity index (χ2v) is 5.69. The first-order chi connectivity index (χ1) is 7.93. The highest BCUT2D eigenvalue weighted by Gasteiger charge is 2.58. The monoisotopic (exact) mass is 265 g/mol. The fraction of sp³-hybridized carbons (Fsp3) is 0.818. The topological polar surface area (TPSA) is 75.6 Å². The Morgan fingerprint density at radius 2 is 1.83 bits per heavy atom. The SMILES string of the molecule is CC(C)(C)OC(=O)NC1(CC(=O)O)CC(F)(F)C1. The number of carbonyl (C=O) groups is 2. The molecule has 104 valence electrons. The van der Waals surface area contributed by atoms with E-state index in [9.17, 15) is 18.4 Å². The highest BCUT2D eigenvalue weighted by atomic mass is 19.3. The summed E-state index contributed by atoms with van der Waals surface area (Å²) in [4.78, 5) is 22.1. The molecule has 7 heteroatoms. The quantitative estimate of drug-likeness (QED) is 0.819. The Morgan fingerprint density at radius 1 is 1.33 bits per heavy atom. The van der Waals surface area contributed by atoms with Crippen molar-refractivity contribution in [1.82, 2.24) is 5.32 Å². The van der Waals surface area contributed by atoms with Gasteiger partial charge in [-0.2, -0.15) is 0 Å². The number of ether oxygens (including phenoxy) is 1. The molecule has 0 bridgehead atoms. The van der Waals surface area contributed by atoms with Crippen molar-refractivity contribution in [2.24, 2.45) is 0 Å². The summed E-state index contributed by atoms with van der Waals surface area (Å²) in [6.07, 6.45) is -2.77. The highest BCUT2D eigenvalue weighted by Crippen LogP contribution is 2.47. The number of alkyl halides is 2. The van der Waals surface area contributed by atoms with Gasteiger partial charge in [-0.1, -0.05) is 0 Å². The summed E-state index contributed by atoms with van der Waals surface area (Å²) >= 11 is 0. The molecule has 1 amide bonds. The maximum Gasteiger partial charge on any atom is 0.408 e. The summed E-state index contributed by atoms with van der Waals surface area (Å²) in [5, 5.41) is 10.9. The normalized spacial score (nSPS) is 20.7. The Bertz CT molecular complexity index is 355. The molecule has 0 radical (unpaired) electrons. The molecule has 0 spiro atoms. The van der Waals surface area contributed by atoms with Crippen LogP contribution in [0.25, 0.3) is 0 Å². The summed E-state index contributed by atoms with van der Waals surface area (Å²) in [6.45, 7) is 4.89. The predicted octanol–water partition coefficient (Wildman–Crippen LogP) is 2.15. The molecule has 1 rings (SSSR count). The number of amides is 1. The number of carboxylic acids is 1. The first kappa shape index (κ1) is 14.7. The standard InChI is InChI=1S/C11H17F2NO4/c1-9(2,3)18-8(17)14-10(4-7(15)16)5-11(12,13)6-10/h4-6H2,1-3H3,(H,14,17)(H,15,16). The fourth-order valence-corrected chi connectivity index (χ4v) is 2.01. The number of alkyl carbamates (subject to hydrolysis) is 1. The molecule has 0 aromatic carbocycles. The molecular weight excluding hydrogens is 248 g/mol. The number of carbonyl (C=O) groups excluding carboxylic acids is 1. The lowest BCUT2D eigenvalue weighted by molar-refractivity contribution is -0.155. The maximum atomic E-state index is 12.9. The largest absolute Gasteiger partial charge is 0.481 e. The minimum atomic E-state index is -2.93. The second-order valence-electron chi connectivity index (χ2n) is 5.69. The third-order valence-electron chi connectivity index (χ3n) is 2.45. The molecule has 5 nitrogen and oxygen atoms in total. The number of nitrogens with one attached hydrogen (secondary N) is 1. The number of rotatable bonds is 3. The third kappa shape index (κ3) is 4.12. The number of aliphatic carboxylic acids is 1. The Morgan fingerprint density at radius 3 is 2.17 bits per heavy atom. The van der Waals surface area contributed by atoms with Crippen LogP contribution in [-0.2, 0) is 9.53 Å². The number of carboxylic acid groups (broad SMARTS) is 1. The van der Waals surface area contributed by atoms with Gasteiger partial charge in [0.2, 0.25) is 0 Å². The van der Waals surface area contributed by atoms with Gasteiger partial charge in [0.1, 0.15) is 5.60 Å². The van der Waals surface area contributed by atoms with Gasteiger partial charge in [-0.15, -0.1) is 0 Å². The van der Waals surface area contributed by atoms with Gasteiger partial charge in [-0.25, -0.2) is 13.6 Å². The van der Waals surface area contributed by atoms with Gasteiger partial charge in [-0.05, 0) is 20.8 Å². The van der Waals surface area contributed by atoms with Crippen LogP contribution < -0.4 is 5.32 Å². The molecule has 0 aromatic rings. The lowest BCUT2D eigenvalue weighted by atomic mass is 9.71. The van der Waals surface area contributed by atoms with Gasteiger partial charge in [0, 0.05) is 12.8 Å². The van der Waals surface area contributed by atoms with Crippen molar-refractivity contribution in [2.75, 3.05) is 0 Å². The fourth-order valence-electron chi connectivity index (χ4n) is 2.01. The average Bonchev–Trinajstić information content (AvgIpc) is 1.91. The minimum Gasteiger partial charge on any atom is -0.481 e. The first-order valence-corrected chi connectivity index (χ1v) is 5.54. The van der Waals surface area contributed by atoms with Crippen LogP contribution in [0.2, 0.25) is 0 Å². The van der Waals surface area contributed by atoms with Crippen molar-refractivity contribution in [1.29, 1.82) is 0 Å². The van der Waals surface area contributed by atoms with Gasteiger partial charge in [-0.3, -0.25) is 4.79 Å². The molecule has 1 fully saturated rings. The smallest absolute Gasteiger partial charge is 0.408 e. The minimum absolute atomic E-state index is 0.540. The van der Waals surface area contributed by atoms with Crippen LogP contribution in [0.5, 0.6) is 0 Å². The lowest BCUT2D eigenvalue weighted by Gasteiger charge is -2.46. The van der Waals surface area contributed by atoms with Crippen molar-refractivity contribution < 1.29 is 28.2 Å². The summed E-state index contributed by atoms with van der Waals surface area (Å²) in [5.74, 6) is -4.16. The number of hydrogen-bond donors (Lipinski definition) is 2. The Labute approximate surface area is 103 Å². The molecule has 2 N–H and O–H groups in total. The van der Waals surface area contributed by atoms with E-state index in [-0.39, 0.29) is 0 Å². The highest BCUT2D eigenvalue weighted by molar-refractivity contribution is 5.73. The predicted molar refractivity (Wildman–Crippen MR) is 58.5 cm³/mol. The van der Waals surface area contributed by atoms with Crippen LogP contribution in [0.3, 0.4) is 0 Å². The van der Waals surface area contributed by atoms with Crippen LogP contribution in [0.1, 0.15) is 40.0 Å². The zero-order chi connectivity index (χ0) is 14.2. The zero-order valence-electron chi connectivity index (χ0n) is 10.5. The van der Waals surface area contributed by atoms with Crippen molar-refractivity contribution in [3.63, 3.8) is 0 Å². The van der Waals surface area contributed by atoms with Crippen LogP contribution in [0.4, 0.5) is 13.6 Å². The van der Waals surface area contributed by atoms with E-state index in [2.05, 4.69) is 5.32 Å². The first-order valence-electron chi connectivity index (χ1n) is 5.54. The molecule has 1 saturated carbocycles. The molecule has 0 heterocycles. The summed E-state index contributed by atoms with van der Waals surface area (Å²) in [6, 6.07) is 0. The van der Waals surface area contributed by atoms with E-state index < -0.39 is 48.4 Å². The van der Waals surface area contributed by atoms with Crippen molar-refractivity contribution in [3.05, 3.63) is 0 Å². The maximum absolute atomic E-state index is 12.9. The molecule has 0 saturated heterocycles. The van der Waals surface area contributed by atoms with Gasteiger partial charge in [0.15, 0.2) is 0 Å². The third-order valence-corrected chi connectivity index (χ3v) is 2.45. The van der Waals surface area contributed by atoms with Crippen LogP contribution >= 0.6 is 0 Å². The average molecular weight is 265 g/mol. The Hall–Kier alpha value is -1.40. The van der Waals surface area contributed by atoms with E-state index >= 15 is 0 Å². The molecule has 1 aliphatic rings. The Balaban J connectivity index is 2.64. The van der Waals surface area contributed by atoms with Crippen molar-refractivity contribution in [3.8, 4) is 0 Å². The lowest BCUT2D eigenvalue weighted by Crippen LogP contribution is -2.63. The summed E-state index contributed by atoms with van der Waals surface area (Å²) in [5.41, 5.74) is -2.17. The van der Waals surface area contributed by atoms with Gasteiger partial charge in [0.25, 0.3) is 5.92 Å². The second kappa shape index (κ2) is 4.37. The van der Waals surface area contributed by atoms with Crippen LogP contribution in [-0.4, -0.2) is 34.2 Å². The van der Waals surface area contributed by atoms with E-state index in [1.54, 1.807) is 20.8 Å². The van der Waals surface area contributed by atoms with Crippen molar-refractivity contribution >= 4 is 12.1 Å². The van der Waals surface area contributed by atoms with E-state index in [0.717, 1.165) is 0 Å². The van der Waals surface area contributed by atoms with Crippen LogP contribution in [0, 0.1) is 0 Å². The van der Waals surface area contributed by atoms with E-state index in [0.29, 0.717) is 0 Å². The van der Waals surface area contributed by atoms with Gasteiger partial charge < -0.3 is 15.2 Å². The van der Waals surface area contributed by atoms with E-state index in [1.807, 2.05) is 0 Å². The van der Waals surface area contributed by atoms with Gasteiger partial charge in [0.05, 0.1) is 12.0 Å². The molecular formula is C11H17F2NO4. The molecule has 0 atom stereocenters. The molecule has 18 heavy (non-hydrogen) atoms. The van der Waals surface area contributed by atoms with Gasteiger partial charge >= 0.3 is 12.1 Å².